The first-order valence-corrected chi connectivity index (χ1v) is 6.37. The number of hydrogen-bond acceptors (Lipinski definition) is 4. The van der Waals surface area contributed by atoms with Crippen LogP contribution in [-0.2, 0) is 0 Å². The van der Waals surface area contributed by atoms with Crippen LogP contribution in [0.3, 0.4) is 0 Å². The SMILES string of the molecule is COc1[nH]n2c(=O)cc(-c3ccc(Cl)cc3)nc2c1C#N. The average molecular weight is 301 g/mol. The smallest absolute Gasteiger partial charge is 0.273 e. The molecule has 0 aliphatic carbocycles. The first-order chi connectivity index (χ1) is 10.1. The molecule has 6 nitrogen and oxygen atoms in total. The molecule has 7 heteroatoms. The Morgan fingerprint density at radius 3 is 2.71 bits per heavy atom. The number of halogens is 1. The van der Waals surface area contributed by atoms with Gasteiger partial charge in [-0.3, -0.25) is 9.89 Å². The highest BCUT2D eigenvalue weighted by Gasteiger charge is 2.16. The van der Waals surface area contributed by atoms with Crippen LogP contribution in [0.1, 0.15) is 5.56 Å². The van der Waals surface area contributed by atoms with Gasteiger partial charge in [0.1, 0.15) is 6.07 Å². The van der Waals surface area contributed by atoms with Crippen LogP contribution in [0.4, 0.5) is 0 Å². The van der Waals surface area contributed by atoms with Crippen molar-refractivity contribution in [3.05, 3.63) is 51.3 Å². The highest BCUT2D eigenvalue weighted by molar-refractivity contribution is 6.30. The molecule has 0 atom stereocenters. The topological polar surface area (TPSA) is 83.2 Å². The van der Waals surface area contributed by atoms with Crippen molar-refractivity contribution in [1.29, 1.82) is 5.26 Å². The number of hydrogen-bond donors (Lipinski definition) is 1. The number of methoxy groups -OCH3 is 1. The molecule has 2 heterocycles. The number of rotatable bonds is 2. The summed E-state index contributed by atoms with van der Waals surface area (Å²) in [7, 11) is 1.41. The first kappa shape index (κ1) is 13.2. The Hall–Kier alpha value is -2.78. The van der Waals surface area contributed by atoms with E-state index in [1.165, 1.54) is 17.7 Å². The van der Waals surface area contributed by atoms with Gasteiger partial charge in [-0.2, -0.15) is 9.78 Å². The molecule has 21 heavy (non-hydrogen) atoms. The van der Waals surface area contributed by atoms with Gasteiger partial charge in [0.15, 0.2) is 11.2 Å². The van der Waals surface area contributed by atoms with Gasteiger partial charge in [-0.15, -0.1) is 0 Å². The molecule has 2 aromatic heterocycles. The monoisotopic (exact) mass is 300 g/mol. The van der Waals surface area contributed by atoms with E-state index in [1.807, 2.05) is 6.07 Å². The number of aromatic amines is 1. The molecular formula is C14H9ClN4O2. The van der Waals surface area contributed by atoms with Crippen molar-refractivity contribution in [2.24, 2.45) is 0 Å². The van der Waals surface area contributed by atoms with Gasteiger partial charge < -0.3 is 4.74 Å². The van der Waals surface area contributed by atoms with Gasteiger partial charge >= 0.3 is 0 Å². The van der Waals surface area contributed by atoms with Crippen LogP contribution in [0, 0.1) is 11.3 Å². The van der Waals surface area contributed by atoms with Crippen LogP contribution in [0.2, 0.25) is 5.02 Å². The van der Waals surface area contributed by atoms with Crippen LogP contribution < -0.4 is 10.3 Å². The molecule has 0 amide bonds. The summed E-state index contributed by atoms with van der Waals surface area (Å²) in [6.45, 7) is 0. The number of aromatic nitrogens is 3. The molecule has 0 fully saturated rings. The Morgan fingerprint density at radius 1 is 1.38 bits per heavy atom. The van der Waals surface area contributed by atoms with Crippen molar-refractivity contribution in [2.75, 3.05) is 7.11 Å². The summed E-state index contributed by atoms with van der Waals surface area (Å²) < 4.78 is 6.22. The van der Waals surface area contributed by atoms with E-state index in [-0.39, 0.29) is 22.6 Å². The maximum absolute atomic E-state index is 12.1. The van der Waals surface area contributed by atoms with Crippen molar-refractivity contribution in [1.82, 2.24) is 14.6 Å². The molecular weight excluding hydrogens is 292 g/mol. The molecule has 3 aromatic rings. The molecule has 0 bridgehead atoms. The lowest BCUT2D eigenvalue weighted by Crippen LogP contribution is -2.14. The fraction of sp³-hybridized carbons (Fsp3) is 0.0714. The number of nitrogens with one attached hydrogen (secondary N) is 1. The molecule has 104 valence electrons. The fourth-order valence-electron chi connectivity index (χ4n) is 2.03. The molecule has 0 unspecified atom stereocenters. The summed E-state index contributed by atoms with van der Waals surface area (Å²) in [4.78, 5) is 16.5. The van der Waals surface area contributed by atoms with E-state index in [0.29, 0.717) is 10.7 Å². The fourth-order valence-corrected chi connectivity index (χ4v) is 2.16. The van der Waals surface area contributed by atoms with E-state index in [2.05, 4.69) is 10.1 Å². The molecule has 0 aliphatic heterocycles. The molecule has 0 spiro atoms. The van der Waals surface area contributed by atoms with E-state index in [4.69, 9.17) is 16.3 Å². The van der Waals surface area contributed by atoms with Crippen molar-refractivity contribution in [3.63, 3.8) is 0 Å². The summed E-state index contributed by atoms with van der Waals surface area (Å²) in [5, 5.41) is 12.5. The van der Waals surface area contributed by atoms with E-state index in [9.17, 15) is 10.1 Å². The lowest BCUT2D eigenvalue weighted by Gasteiger charge is -2.01. The van der Waals surface area contributed by atoms with E-state index in [1.54, 1.807) is 24.3 Å². The van der Waals surface area contributed by atoms with Crippen LogP contribution in [0.15, 0.2) is 35.1 Å². The zero-order valence-corrected chi connectivity index (χ0v) is 11.7. The normalized spacial score (nSPS) is 10.5. The highest BCUT2D eigenvalue weighted by Crippen LogP contribution is 2.23. The number of fused-ring (bicyclic) bond motifs is 1. The maximum atomic E-state index is 12.1. The van der Waals surface area contributed by atoms with Crippen LogP contribution in [-0.4, -0.2) is 21.7 Å². The summed E-state index contributed by atoms with van der Waals surface area (Å²) in [5.74, 6) is 0.204. The molecule has 1 N–H and O–H groups in total. The minimum Gasteiger partial charge on any atom is -0.480 e. The van der Waals surface area contributed by atoms with Crippen molar-refractivity contribution < 1.29 is 4.74 Å². The maximum Gasteiger partial charge on any atom is 0.273 e. The van der Waals surface area contributed by atoms with E-state index >= 15 is 0 Å². The van der Waals surface area contributed by atoms with E-state index < -0.39 is 0 Å². The zero-order valence-electron chi connectivity index (χ0n) is 10.9. The molecule has 0 saturated heterocycles. The van der Waals surface area contributed by atoms with Crippen molar-refractivity contribution in [2.45, 2.75) is 0 Å². The Labute approximate surface area is 124 Å². The predicted octanol–water partition coefficient (Wildman–Crippen LogP) is 2.22. The lowest BCUT2D eigenvalue weighted by atomic mass is 10.1. The second-order valence-corrected chi connectivity index (χ2v) is 4.71. The quantitative estimate of drug-likeness (QED) is 0.786. The molecule has 0 saturated carbocycles. The van der Waals surface area contributed by atoms with Crippen LogP contribution >= 0.6 is 11.6 Å². The Morgan fingerprint density at radius 2 is 2.10 bits per heavy atom. The highest BCUT2D eigenvalue weighted by atomic mass is 35.5. The number of ether oxygens (including phenoxy) is 1. The number of benzene rings is 1. The summed E-state index contributed by atoms with van der Waals surface area (Å²) in [6, 6.07) is 10.3. The Kier molecular flexibility index (Phi) is 3.12. The van der Waals surface area contributed by atoms with Crippen molar-refractivity contribution >= 4 is 17.2 Å². The summed E-state index contributed by atoms with van der Waals surface area (Å²) in [5.41, 5.74) is 1.29. The Balaban J connectivity index is 2.30. The summed E-state index contributed by atoms with van der Waals surface area (Å²) >= 11 is 5.84. The van der Waals surface area contributed by atoms with Gasteiger partial charge in [0, 0.05) is 16.7 Å². The molecule has 0 aliphatic rings. The van der Waals surface area contributed by atoms with Gasteiger partial charge in [0.05, 0.1) is 12.8 Å². The van der Waals surface area contributed by atoms with Gasteiger partial charge in [0.2, 0.25) is 5.88 Å². The van der Waals surface area contributed by atoms with Gasteiger partial charge in [-0.1, -0.05) is 23.7 Å². The second-order valence-electron chi connectivity index (χ2n) is 4.28. The minimum absolute atomic E-state index is 0.186. The molecule has 3 rings (SSSR count). The Bertz CT molecular complexity index is 919. The number of H-pyrrole nitrogens is 1. The predicted molar refractivity (Wildman–Crippen MR) is 77.5 cm³/mol. The summed E-state index contributed by atoms with van der Waals surface area (Å²) in [6.07, 6.45) is 0. The lowest BCUT2D eigenvalue weighted by molar-refractivity contribution is 0.393. The zero-order chi connectivity index (χ0) is 15.0. The molecule has 0 radical (unpaired) electrons. The average Bonchev–Trinajstić information content (AvgIpc) is 2.86. The minimum atomic E-state index is -0.329. The standard InChI is InChI=1S/C14H9ClN4O2/c1-21-14-10(7-16)13-17-11(6-12(20)19(13)18-14)8-2-4-9(15)5-3-8/h2-6,18H,1H3. The van der Waals surface area contributed by atoms with Crippen molar-refractivity contribution in [3.8, 4) is 23.2 Å². The van der Waals surface area contributed by atoms with E-state index in [0.717, 1.165) is 5.56 Å². The number of nitrogens with zero attached hydrogens (tertiary/aromatic N) is 3. The molecule has 1 aromatic carbocycles. The third-order valence-corrected chi connectivity index (χ3v) is 3.29. The first-order valence-electron chi connectivity index (χ1n) is 6.00. The van der Waals surface area contributed by atoms with Gasteiger partial charge in [-0.25, -0.2) is 4.98 Å². The third-order valence-electron chi connectivity index (χ3n) is 3.04. The largest absolute Gasteiger partial charge is 0.480 e. The van der Waals surface area contributed by atoms with Gasteiger partial charge in [-0.05, 0) is 12.1 Å². The van der Waals surface area contributed by atoms with Crippen LogP contribution in [0.5, 0.6) is 5.88 Å². The van der Waals surface area contributed by atoms with Crippen LogP contribution in [0.25, 0.3) is 16.9 Å². The third kappa shape index (κ3) is 2.14. The van der Waals surface area contributed by atoms with Gasteiger partial charge in [0.25, 0.3) is 5.56 Å². The number of nitriles is 1. The second kappa shape index (κ2) is 4.96.